The maximum Gasteiger partial charge on any atom is 0.342 e. The monoisotopic (exact) mass is 300 g/mol. The van der Waals surface area contributed by atoms with Gasteiger partial charge in [-0.1, -0.05) is 24.3 Å². The van der Waals surface area contributed by atoms with Crippen LogP contribution in [0.15, 0.2) is 42.5 Å². The summed E-state index contributed by atoms with van der Waals surface area (Å²) in [4.78, 5) is 31.4. The van der Waals surface area contributed by atoms with E-state index in [2.05, 4.69) is 29.6 Å². The summed E-state index contributed by atoms with van der Waals surface area (Å²) < 4.78 is 0. The number of fused-ring (bicyclic) bond motifs is 1. The highest BCUT2D eigenvalue weighted by Gasteiger charge is 2.24. The predicted molar refractivity (Wildman–Crippen MR) is 79.8 cm³/mol. The van der Waals surface area contributed by atoms with Crippen molar-refractivity contribution >= 4 is 23.3 Å². The molecule has 2 aliphatic carbocycles. The Kier molecular flexibility index (Phi) is 4.17. The van der Waals surface area contributed by atoms with Crippen LogP contribution in [-0.2, 0) is 4.79 Å². The van der Waals surface area contributed by atoms with E-state index in [-0.39, 0.29) is 5.69 Å². The van der Waals surface area contributed by atoms with Crippen LogP contribution in [0.2, 0.25) is 0 Å². The molecule has 0 aromatic heterocycles. The number of nitrogens with zero attached hydrogens (tertiary/aromatic N) is 1. The van der Waals surface area contributed by atoms with Crippen LogP contribution in [0.4, 0.5) is 11.4 Å². The molecule has 2 N–H and O–H groups in total. The van der Waals surface area contributed by atoms with E-state index < -0.39 is 28.1 Å². The Bertz CT molecular complexity index is 753. The Hall–Kier alpha value is -3.22. The zero-order valence-corrected chi connectivity index (χ0v) is 11.6. The molecule has 0 bridgehead atoms. The van der Waals surface area contributed by atoms with Crippen LogP contribution in [0, 0.1) is 10.1 Å². The van der Waals surface area contributed by atoms with Gasteiger partial charge >= 0.3 is 11.7 Å². The van der Waals surface area contributed by atoms with Crippen molar-refractivity contribution in [1.29, 1.82) is 0 Å². The standard InChI is InChI=1S/C9H8N2O5.C6H4/c1-5(12)10-7-4-2-3-6(9(13)14)8(7)11(15)16;1-2-5-4-6(5)3-1/h2-4H,1H3,(H,10,12)(H,13,14);1-4H. The molecule has 1 amide bonds. The van der Waals surface area contributed by atoms with Gasteiger partial charge in [0.1, 0.15) is 11.3 Å². The number of hydrogen-bond donors (Lipinski definition) is 2. The van der Waals surface area contributed by atoms with Crippen molar-refractivity contribution in [2.45, 2.75) is 6.92 Å². The largest absolute Gasteiger partial charge is 0.477 e. The number of carbonyl (C=O) groups excluding carboxylic acids is 1. The fourth-order valence-electron chi connectivity index (χ4n) is 1.88. The van der Waals surface area contributed by atoms with Crippen LogP contribution in [0.1, 0.15) is 17.3 Å². The molecular weight excluding hydrogens is 288 g/mol. The van der Waals surface area contributed by atoms with E-state index in [0.717, 1.165) is 6.07 Å². The first-order valence-corrected chi connectivity index (χ1v) is 6.29. The van der Waals surface area contributed by atoms with E-state index in [4.69, 9.17) is 5.11 Å². The quantitative estimate of drug-likeness (QED) is 0.571. The van der Waals surface area contributed by atoms with Crippen molar-refractivity contribution in [2.24, 2.45) is 0 Å². The van der Waals surface area contributed by atoms with Crippen LogP contribution >= 0.6 is 0 Å². The number of nitro groups is 1. The summed E-state index contributed by atoms with van der Waals surface area (Å²) >= 11 is 0. The van der Waals surface area contributed by atoms with Gasteiger partial charge < -0.3 is 10.4 Å². The number of benzene rings is 2. The molecular formula is C15H12N2O5. The number of carboxylic acids is 1. The third kappa shape index (κ3) is 3.45. The van der Waals surface area contributed by atoms with Crippen LogP contribution in [0.5, 0.6) is 0 Å². The molecule has 1 aromatic carbocycles. The van der Waals surface area contributed by atoms with E-state index in [0.29, 0.717) is 0 Å². The number of hydrogen-bond acceptors (Lipinski definition) is 4. The normalized spacial score (nSPS) is 10.0. The number of anilines is 1. The molecule has 0 spiro atoms. The van der Waals surface area contributed by atoms with Crippen LogP contribution in [-0.4, -0.2) is 21.9 Å². The highest BCUT2D eigenvalue weighted by molar-refractivity contribution is 5.99. The highest BCUT2D eigenvalue weighted by atomic mass is 16.6. The second-order valence-corrected chi connectivity index (χ2v) is 4.53. The van der Waals surface area contributed by atoms with E-state index in [1.54, 1.807) is 0 Å². The molecule has 0 heterocycles. The van der Waals surface area contributed by atoms with Gasteiger partial charge in [0.15, 0.2) is 0 Å². The molecule has 0 radical (unpaired) electrons. The molecule has 0 saturated carbocycles. The number of carbonyl (C=O) groups is 2. The molecule has 0 unspecified atom stereocenters. The molecule has 0 atom stereocenters. The summed E-state index contributed by atoms with van der Waals surface area (Å²) in [5, 5.41) is 21.7. The van der Waals surface area contributed by atoms with Gasteiger partial charge in [-0.3, -0.25) is 14.9 Å². The van der Waals surface area contributed by atoms with Crippen LogP contribution in [0.3, 0.4) is 0 Å². The van der Waals surface area contributed by atoms with Gasteiger partial charge in [-0.2, -0.15) is 0 Å². The molecule has 7 heteroatoms. The Morgan fingerprint density at radius 3 is 2.09 bits per heavy atom. The first-order valence-electron chi connectivity index (χ1n) is 6.29. The summed E-state index contributed by atoms with van der Waals surface area (Å²) in [6, 6.07) is 12.2. The van der Waals surface area contributed by atoms with E-state index in [9.17, 15) is 19.7 Å². The van der Waals surface area contributed by atoms with Gasteiger partial charge in [0.25, 0.3) is 0 Å². The van der Waals surface area contributed by atoms with Gasteiger partial charge in [0.05, 0.1) is 4.92 Å². The summed E-state index contributed by atoms with van der Waals surface area (Å²) in [5.74, 6) is -1.93. The smallest absolute Gasteiger partial charge is 0.342 e. The van der Waals surface area contributed by atoms with Crippen molar-refractivity contribution in [1.82, 2.24) is 0 Å². The average Bonchev–Trinajstić information content (AvgIpc) is 3.04. The minimum absolute atomic E-state index is 0.127. The molecule has 0 fully saturated rings. The average molecular weight is 300 g/mol. The topological polar surface area (TPSA) is 110 Å². The first kappa shape index (κ1) is 15.2. The Balaban J connectivity index is 0.000000238. The van der Waals surface area contributed by atoms with Gasteiger partial charge in [0.2, 0.25) is 5.91 Å². The Morgan fingerprint density at radius 1 is 1.14 bits per heavy atom. The van der Waals surface area contributed by atoms with Crippen molar-refractivity contribution < 1.29 is 19.6 Å². The molecule has 3 rings (SSSR count). The van der Waals surface area contributed by atoms with Gasteiger partial charge in [0, 0.05) is 6.92 Å². The third-order valence-electron chi connectivity index (χ3n) is 2.87. The number of nitrogens with one attached hydrogen (secondary N) is 1. The molecule has 22 heavy (non-hydrogen) atoms. The first-order chi connectivity index (χ1) is 10.4. The number of carboxylic acid groups (broad SMARTS) is 1. The second kappa shape index (κ2) is 6.04. The fourth-order valence-corrected chi connectivity index (χ4v) is 1.88. The Morgan fingerprint density at radius 2 is 1.73 bits per heavy atom. The van der Waals surface area contributed by atoms with E-state index in [1.807, 2.05) is 0 Å². The van der Waals surface area contributed by atoms with Crippen LogP contribution < -0.4 is 5.32 Å². The number of para-hydroxylation sites is 1. The maximum absolute atomic E-state index is 10.8. The van der Waals surface area contributed by atoms with Crippen LogP contribution in [0.25, 0.3) is 11.1 Å². The molecule has 112 valence electrons. The lowest BCUT2D eigenvalue weighted by molar-refractivity contribution is -0.384. The number of rotatable bonds is 3. The summed E-state index contributed by atoms with van der Waals surface area (Å²) in [6.45, 7) is 1.18. The summed E-state index contributed by atoms with van der Waals surface area (Å²) in [7, 11) is 0. The molecule has 0 saturated heterocycles. The minimum Gasteiger partial charge on any atom is -0.477 e. The van der Waals surface area contributed by atoms with Crippen molar-refractivity contribution in [3.8, 4) is 11.1 Å². The Labute approximate surface area is 125 Å². The highest BCUT2D eigenvalue weighted by Crippen LogP contribution is 2.32. The molecule has 7 nitrogen and oxygen atoms in total. The molecule has 0 aliphatic heterocycles. The molecule has 1 aromatic rings. The predicted octanol–water partition coefficient (Wildman–Crippen LogP) is 2.92. The fraction of sp³-hybridized carbons (Fsp3) is 0.0667. The summed E-state index contributed by atoms with van der Waals surface area (Å²) in [6.07, 6.45) is 0. The zero-order valence-electron chi connectivity index (χ0n) is 11.6. The lowest BCUT2D eigenvalue weighted by Crippen LogP contribution is -2.11. The maximum atomic E-state index is 10.8. The zero-order chi connectivity index (χ0) is 16.3. The van der Waals surface area contributed by atoms with Gasteiger partial charge in [-0.25, -0.2) is 4.79 Å². The van der Waals surface area contributed by atoms with E-state index >= 15 is 0 Å². The number of nitro benzene ring substituents is 1. The summed E-state index contributed by atoms with van der Waals surface area (Å²) in [5.41, 5.74) is 1.64. The number of aromatic carboxylic acids is 1. The minimum atomic E-state index is -1.42. The lowest BCUT2D eigenvalue weighted by Gasteiger charge is -2.05. The van der Waals surface area contributed by atoms with Crippen molar-refractivity contribution in [3.05, 3.63) is 58.1 Å². The van der Waals surface area contributed by atoms with Crippen molar-refractivity contribution in [2.75, 3.05) is 5.32 Å². The number of amides is 1. The third-order valence-corrected chi connectivity index (χ3v) is 2.87. The second-order valence-electron chi connectivity index (χ2n) is 4.53. The van der Waals surface area contributed by atoms with Crippen molar-refractivity contribution in [3.63, 3.8) is 0 Å². The van der Waals surface area contributed by atoms with Gasteiger partial charge in [-0.05, 0) is 29.3 Å². The lowest BCUT2D eigenvalue weighted by atomic mass is 10.1. The van der Waals surface area contributed by atoms with Gasteiger partial charge in [-0.15, -0.1) is 0 Å². The van der Waals surface area contributed by atoms with E-state index in [1.165, 1.54) is 30.2 Å². The molecule has 2 aliphatic rings. The SMILES string of the molecule is CC(=O)Nc1cccc(C(=O)O)c1[N+](=O)[O-].c1cc2cc-2c1.